The molecule has 0 fully saturated rings. The molecular weight excluding hydrogens is 252 g/mol. The van der Waals surface area contributed by atoms with Crippen LogP contribution in [0.5, 0.6) is 5.75 Å². The van der Waals surface area contributed by atoms with E-state index >= 15 is 0 Å². The highest BCUT2D eigenvalue weighted by Crippen LogP contribution is 2.19. The van der Waals surface area contributed by atoms with Gasteiger partial charge in [-0.2, -0.15) is 0 Å². The Kier molecular flexibility index (Phi) is 3.05. The maximum absolute atomic E-state index is 12.3. The lowest BCUT2D eigenvalue weighted by molar-refractivity contribution is 0.102. The molecule has 0 aliphatic rings. The molecule has 4 heteroatoms. The van der Waals surface area contributed by atoms with Crippen LogP contribution in [0.15, 0.2) is 60.8 Å². The van der Waals surface area contributed by atoms with Crippen molar-refractivity contribution in [3.63, 3.8) is 0 Å². The first-order valence-electron chi connectivity index (χ1n) is 6.18. The molecule has 0 aliphatic carbocycles. The number of anilines is 1. The van der Waals surface area contributed by atoms with Gasteiger partial charge in [0.05, 0.1) is 5.52 Å². The summed E-state index contributed by atoms with van der Waals surface area (Å²) >= 11 is 0. The second-order valence-electron chi connectivity index (χ2n) is 4.38. The molecule has 3 aromatic rings. The molecule has 4 nitrogen and oxygen atoms in total. The van der Waals surface area contributed by atoms with Crippen LogP contribution in [0.4, 0.5) is 5.69 Å². The molecule has 98 valence electrons. The molecule has 1 aromatic heterocycles. The predicted octanol–water partition coefficient (Wildman–Crippen LogP) is 3.19. The molecular formula is C16H12N2O2. The average molecular weight is 264 g/mol. The summed E-state index contributed by atoms with van der Waals surface area (Å²) in [5.41, 5.74) is 1.99. The second-order valence-corrected chi connectivity index (χ2v) is 4.38. The Morgan fingerprint density at radius 3 is 2.60 bits per heavy atom. The fourth-order valence-corrected chi connectivity index (χ4v) is 2.04. The van der Waals surface area contributed by atoms with Crippen molar-refractivity contribution < 1.29 is 9.90 Å². The van der Waals surface area contributed by atoms with Crippen molar-refractivity contribution in [1.29, 1.82) is 0 Å². The number of phenols is 1. The quantitative estimate of drug-likeness (QED) is 0.699. The van der Waals surface area contributed by atoms with Crippen LogP contribution in [-0.2, 0) is 0 Å². The van der Waals surface area contributed by atoms with Gasteiger partial charge in [-0.25, -0.2) is 0 Å². The van der Waals surface area contributed by atoms with Crippen LogP contribution in [0.2, 0.25) is 0 Å². The topological polar surface area (TPSA) is 62.2 Å². The normalized spacial score (nSPS) is 10.4. The highest BCUT2D eigenvalue weighted by atomic mass is 16.3. The van der Waals surface area contributed by atoms with Crippen molar-refractivity contribution in [2.45, 2.75) is 0 Å². The fourth-order valence-electron chi connectivity index (χ4n) is 2.04. The number of hydrogen-bond donors (Lipinski definition) is 2. The summed E-state index contributed by atoms with van der Waals surface area (Å²) in [6.07, 6.45) is 1.70. The molecule has 0 spiro atoms. The molecule has 1 heterocycles. The zero-order chi connectivity index (χ0) is 13.9. The van der Waals surface area contributed by atoms with Crippen LogP contribution in [0, 0.1) is 0 Å². The molecule has 2 N–H and O–H groups in total. The zero-order valence-electron chi connectivity index (χ0n) is 10.6. The van der Waals surface area contributed by atoms with Gasteiger partial charge in [-0.05, 0) is 42.5 Å². The lowest BCUT2D eigenvalue weighted by Gasteiger charge is -2.07. The molecule has 3 rings (SSSR count). The number of nitrogens with zero attached hydrogens (tertiary/aromatic N) is 1. The molecule has 0 atom stereocenters. The largest absolute Gasteiger partial charge is 0.508 e. The second kappa shape index (κ2) is 5.01. The lowest BCUT2D eigenvalue weighted by Crippen LogP contribution is -2.12. The van der Waals surface area contributed by atoms with Crippen molar-refractivity contribution in [2.24, 2.45) is 0 Å². The van der Waals surface area contributed by atoms with E-state index in [4.69, 9.17) is 0 Å². The van der Waals surface area contributed by atoms with Gasteiger partial charge in [0.2, 0.25) is 0 Å². The maximum atomic E-state index is 12.3. The van der Waals surface area contributed by atoms with E-state index in [2.05, 4.69) is 10.3 Å². The predicted molar refractivity (Wildman–Crippen MR) is 77.8 cm³/mol. The van der Waals surface area contributed by atoms with Gasteiger partial charge in [0.25, 0.3) is 5.91 Å². The zero-order valence-corrected chi connectivity index (χ0v) is 10.6. The number of benzene rings is 2. The Bertz CT molecular complexity index is 762. The molecule has 1 amide bonds. The van der Waals surface area contributed by atoms with Gasteiger partial charge in [-0.15, -0.1) is 0 Å². The maximum Gasteiger partial charge on any atom is 0.256 e. The Balaban J connectivity index is 1.94. The smallest absolute Gasteiger partial charge is 0.256 e. The number of aromatic nitrogens is 1. The van der Waals surface area contributed by atoms with E-state index in [1.165, 1.54) is 12.1 Å². The molecule has 2 aromatic carbocycles. The molecule has 20 heavy (non-hydrogen) atoms. The minimum atomic E-state index is -0.200. The summed E-state index contributed by atoms with van der Waals surface area (Å²) in [5.74, 6) is -0.0355. The molecule has 0 aliphatic heterocycles. The van der Waals surface area contributed by atoms with Crippen LogP contribution >= 0.6 is 0 Å². The Morgan fingerprint density at radius 2 is 1.80 bits per heavy atom. The minimum absolute atomic E-state index is 0.164. The standard InChI is InChI=1S/C16H12N2O2/c19-12-8-6-11(7-9-12)18-16(20)14-3-1-5-15-13(14)4-2-10-17-15/h1-10,19H,(H,18,20). The Hall–Kier alpha value is -2.88. The van der Waals surface area contributed by atoms with E-state index in [9.17, 15) is 9.90 Å². The third-order valence-electron chi connectivity index (χ3n) is 3.02. The van der Waals surface area contributed by atoms with Crippen LogP contribution in [0.25, 0.3) is 10.9 Å². The first-order valence-corrected chi connectivity index (χ1v) is 6.18. The molecule has 0 bridgehead atoms. The van der Waals surface area contributed by atoms with Crippen molar-refractivity contribution in [3.05, 3.63) is 66.4 Å². The summed E-state index contributed by atoms with van der Waals surface area (Å²) in [7, 11) is 0. The van der Waals surface area contributed by atoms with Crippen LogP contribution in [-0.4, -0.2) is 16.0 Å². The number of carbonyl (C=O) groups excluding carboxylic acids is 1. The van der Waals surface area contributed by atoms with Gasteiger partial charge in [-0.1, -0.05) is 12.1 Å². The third-order valence-corrected chi connectivity index (χ3v) is 3.02. The highest BCUT2D eigenvalue weighted by molar-refractivity contribution is 6.12. The number of hydrogen-bond acceptors (Lipinski definition) is 3. The third kappa shape index (κ3) is 2.31. The number of pyridine rings is 1. The molecule has 0 saturated heterocycles. The summed E-state index contributed by atoms with van der Waals surface area (Å²) in [4.78, 5) is 16.5. The number of aromatic hydroxyl groups is 1. The van der Waals surface area contributed by atoms with E-state index in [0.29, 0.717) is 11.3 Å². The number of carbonyl (C=O) groups is 1. The first-order chi connectivity index (χ1) is 9.74. The van der Waals surface area contributed by atoms with Gasteiger partial charge < -0.3 is 10.4 Å². The van der Waals surface area contributed by atoms with Crippen molar-refractivity contribution in [3.8, 4) is 5.75 Å². The number of rotatable bonds is 2. The number of fused-ring (bicyclic) bond motifs is 1. The number of nitrogens with one attached hydrogen (secondary N) is 1. The summed E-state index contributed by atoms with van der Waals surface area (Å²) in [6.45, 7) is 0. The molecule has 0 saturated carbocycles. The monoisotopic (exact) mass is 264 g/mol. The van der Waals surface area contributed by atoms with Gasteiger partial charge >= 0.3 is 0 Å². The first kappa shape index (κ1) is 12.2. The SMILES string of the molecule is O=C(Nc1ccc(O)cc1)c1cccc2ncccc12. The van der Waals surface area contributed by atoms with E-state index in [1.807, 2.05) is 12.1 Å². The minimum Gasteiger partial charge on any atom is -0.508 e. The number of phenolic OH excluding ortho intramolecular Hbond substituents is 1. The lowest BCUT2D eigenvalue weighted by atomic mass is 10.1. The van der Waals surface area contributed by atoms with Crippen LogP contribution < -0.4 is 5.32 Å². The van der Waals surface area contributed by atoms with Crippen molar-refractivity contribution in [1.82, 2.24) is 4.98 Å². The molecule has 0 unspecified atom stereocenters. The van der Waals surface area contributed by atoms with Gasteiger partial charge in [-0.3, -0.25) is 9.78 Å². The highest BCUT2D eigenvalue weighted by Gasteiger charge is 2.10. The molecule has 0 radical (unpaired) electrons. The van der Waals surface area contributed by atoms with E-state index in [0.717, 1.165) is 10.9 Å². The van der Waals surface area contributed by atoms with Crippen molar-refractivity contribution in [2.75, 3.05) is 5.32 Å². The van der Waals surface area contributed by atoms with Crippen LogP contribution in [0.3, 0.4) is 0 Å². The summed E-state index contributed by atoms with van der Waals surface area (Å²) in [5, 5.41) is 12.8. The Morgan fingerprint density at radius 1 is 1.00 bits per heavy atom. The summed E-state index contributed by atoms with van der Waals surface area (Å²) in [6, 6.07) is 15.5. The van der Waals surface area contributed by atoms with Gasteiger partial charge in [0, 0.05) is 22.8 Å². The van der Waals surface area contributed by atoms with Gasteiger partial charge in [0.15, 0.2) is 0 Å². The Labute approximate surface area is 115 Å². The van der Waals surface area contributed by atoms with Gasteiger partial charge in [0.1, 0.15) is 5.75 Å². The van der Waals surface area contributed by atoms with E-state index in [-0.39, 0.29) is 11.7 Å². The van der Waals surface area contributed by atoms with Crippen molar-refractivity contribution >= 4 is 22.5 Å². The summed E-state index contributed by atoms with van der Waals surface area (Å²) < 4.78 is 0. The average Bonchev–Trinajstić information content (AvgIpc) is 2.49. The number of amides is 1. The van der Waals surface area contributed by atoms with Crippen LogP contribution in [0.1, 0.15) is 10.4 Å². The van der Waals surface area contributed by atoms with E-state index < -0.39 is 0 Å². The fraction of sp³-hybridized carbons (Fsp3) is 0. The van der Waals surface area contributed by atoms with E-state index in [1.54, 1.807) is 36.5 Å².